The lowest BCUT2D eigenvalue weighted by Crippen LogP contribution is -2.76. The number of hydrogen-bond acceptors (Lipinski definition) is 2. The lowest BCUT2D eigenvalue weighted by atomic mass is 9.54. The quantitative estimate of drug-likeness (QED) is 0.177. The highest BCUT2D eigenvalue weighted by Gasteiger charge is 2.48. The first kappa shape index (κ1) is 44.1. The van der Waals surface area contributed by atoms with E-state index < -0.39 is 8.07 Å². The number of rotatable bonds is 4. The molecule has 0 unspecified atom stereocenters. The molecule has 0 fully saturated rings. The molecule has 9 aromatic rings. The summed E-state index contributed by atoms with van der Waals surface area (Å²) in [4.78, 5) is 2.74. The Balaban J connectivity index is 1.14. The van der Waals surface area contributed by atoms with Crippen molar-refractivity contribution >= 4 is 86.2 Å². The molecule has 0 spiro atoms. The second kappa shape index (κ2) is 15.3. The number of anilines is 5. The van der Waals surface area contributed by atoms with Crippen LogP contribution >= 0.6 is 0 Å². The third kappa shape index (κ3) is 6.19. The van der Waals surface area contributed by atoms with Crippen LogP contribution in [-0.4, -0.2) is 15.4 Å². The van der Waals surface area contributed by atoms with Crippen LogP contribution in [-0.2, 0) is 21.7 Å². The van der Waals surface area contributed by atoms with Gasteiger partial charge in [0.15, 0.2) is 15.4 Å². The molecule has 4 heteroatoms. The lowest BCUT2D eigenvalue weighted by Gasteiger charge is -2.46. The Bertz CT molecular complexity index is 3640. The van der Waals surface area contributed by atoms with Gasteiger partial charge in [-0.15, -0.1) is 0 Å². The first-order valence-corrected chi connectivity index (χ1v) is 28.0. The highest BCUT2D eigenvalue weighted by molar-refractivity contribution is 7.21. The van der Waals surface area contributed by atoms with Crippen molar-refractivity contribution in [3.05, 3.63) is 221 Å². The SMILES string of the molecule is Cc1cc2c(cc1N1c3cc4c(cc3Bc3c(-c5cccc6c5Nc5ccccc5[Si]6(c5ccccc5)c5ccccc5)cc5ccccc5c31)C(C)(C)c1ccccc1C4(C)C)C(C)(C)CCC2(C)C. The van der Waals surface area contributed by atoms with E-state index in [-0.39, 0.29) is 21.7 Å². The van der Waals surface area contributed by atoms with Crippen molar-refractivity contribution in [3.63, 3.8) is 0 Å². The van der Waals surface area contributed by atoms with Gasteiger partial charge in [-0.3, -0.25) is 0 Å². The number of hydrogen-bond donors (Lipinski definition) is 1. The van der Waals surface area contributed by atoms with E-state index in [0.717, 1.165) is 13.7 Å². The Morgan fingerprint density at radius 2 is 1.03 bits per heavy atom. The van der Waals surface area contributed by atoms with Crippen LogP contribution in [0.2, 0.25) is 0 Å². The van der Waals surface area contributed by atoms with Crippen molar-refractivity contribution in [2.24, 2.45) is 0 Å². The molecule has 2 aliphatic heterocycles. The van der Waals surface area contributed by atoms with E-state index in [4.69, 9.17) is 0 Å². The summed E-state index contributed by atoms with van der Waals surface area (Å²) >= 11 is 0. The first-order valence-electron chi connectivity index (χ1n) is 26.0. The predicted molar refractivity (Wildman–Crippen MR) is 308 cm³/mol. The second-order valence-corrected chi connectivity index (χ2v) is 27.4. The van der Waals surface area contributed by atoms with Gasteiger partial charge in [-0.1, -0.05) is 219 Å². The van der Waals surface area contributed by atoms with Gasteiger partial charge in [0.05, 0.1) is 0 Å². The van der Waals surface area contributed by atoms with E-state index in [9.17, 15) is 0 Å². The molecular weight excluding hydrogens is 872 g/mol. The highest BCUT2D eigenvalue weighted by atomic mass is 28.3. The van der Waals surface area contributed by atoms with E-state index in [1.54, 1.807) is 0 Å². The minimum Gasteiger partial charge on any atom is -0.355 e. The molecule has 0 bridgehead atoms. The van der Waals surface area contributed by atoms with Gasteiger partial charge in [0.25, 0.3) is 0 Å². The number of para-hydroxylation sites is 2. The zero-order chi connectivity index (χ0) is 48.8. The highest BCUT2D eigenvalue weighted by Crippen LogP contribution is 2.54. The van der Waals surface area contributed by atoms with Crippen molar-refractivity contribution in [2.75, 3.05) is 10.2 Å². The molecule has 0 saturated carbocycles. The van der Waals surface area contributed by atoms with Gasteiger partial charge in [-0.25, -0.2) is 0 Å². The van der Waals surface area contributed by atoms with Gasteiger partial charge in [0.2, 0.25) is 0 Å². The Morgan fingerprint density at radius 3 is 1.70 bits per heavy atom. The third-order valence-electron chi connectivity index (χ3n) is 18.0. The van der Waals surface area contributed by atoms with Gasteiger partial charge >= 0.3 is 0 Å². The van der Waals surface area contributed by atoms with Crippen LogP contribution in [0.5, 0.6) is 0 Å². The molecule has 348 valence electrons. The van der Waals surface area contributed by atoms with Gasteiger partial charge in [-0.2, -0.15) is 0 Å². The maximum atomic E-state index is 4.17. The standard InChI is InChI=1S/C67H63BN2Si/c1-42-37-51-52(65(4,5)36-35-64(51,2)3)40-57(42)70-58-41-54-53(66(6,7)49-30-18-19-31-50(49)67(54,8)9)39-55(58)68-61-48(38-43-23-16-17-28-46(43)63(61)70)47-29-22-34-60-62(47)69-56-32-20-21-33-59(56)71(60,44-24-12-10-13-25-44)45-26-14-11-15-27-45/h10-34,37-41,68-69H,35-36H2,1-9H3. The normalized spacial score (nSPS) is 17.7. The summed E-state index contributed by atoms with van der Waals surface area (Å²) in [6.45, 7) is 22.0. The summed E-state index contributed by atoms with van der Waals surface area (Å²) in [5, 5.41) is 12.3. The third-order valence-corrected chi connectivity index (χ3v) is 22.8. The van der Waals surface area contributed by atoms with Crippen LogP contribution in [0.25, 0.3) is 21.9 Å². The van der Waals surface area contributed by atoms with Crippen LogP contribution in [0.3, 0.4) is 0 Å². The van der Waals surface area contributed by atoms with Crippen LogP contribution in [0, 0.1) is 6.92 Å². The van der Waals surface area contributed by atoms with E-state index in [0.29, 0.717) is 0 Å². The summed E-state index contributed by atoms with van der Waals surface area (Å²) in [6, 6.07) is 70.5. The molecule has 0 saturated heterocycles. The van der Waals surface area contributed by atoms with E-state index in [1.165, 1.54) is 127 Å². The summed E-state index contributed by atoms with van der Waals surface area (Å²) in [7, 11) is -2.03. The van der Waals surface area contributed by atoms with Gasteiger partial charge in [0, 0.05) is 50.2 Å². The molecule has 0 atom stereocenters. The summed E-state index contributed by atoms with van der Waals surface area (Å²) in [5.74, 6) is 0. The molecule has 2 nitrogen and oxygen atoms in total. The Hall–Kier alpha value is -6.88. The topological polar surface area (TPSA) is 15.3 Å². The Labute approximate surface area is 423 Å². The fourth-order valence-electron chi connectivity index (χ4n) is 14.0. The first-order chi connectivity index (χ1) is 34.1. The molecule has 1 N–H and O–H groups in total. The van der Waals surface area contributed by atoms with Crippen molar-refractivity contribution in [1.29, 1.82) is 0 Å². The maximum absolute atomic E-state index is 4.17. The smallest absolute Gasteiger partial charge is 0.198 e. The Kier molecular flexibility index (Phi) is 9.51. The zero-order valence-electron chi connectivity index (χ0n) is 42.9. The Morgan fingerprint density at radius 1 is 0.479 bits per heavy atom. The van der Waals surface area contributed by atoms with Crippen molar-refractivity contribution in [1.82, 2.24) is 0 Å². The molecule has 2 aliphatic carbocycles. The minimum absolute atomic E-state index is 0.0448. The number of benzene rings is 9. The number of nitrogens with zero attached hydrogens (tertiary/aromatic N) is 1. The fourth-order valence-corrected chi connectivity index (χ4v) is 19.1. The second-order valence-electron chi connectivity index (χ2n) is 23.6. The fraction of sp³-hybridized carbons (Fsp3) is 0.224. The molecule has 0 aromatic heterocycles. The molecule has 4 aliphatic rings. The van der Waals surface area contributed by atoms with Crippen LogP contribution < -0.4 is 41.9 Å². The van der Waals surface area contributed by atoms with Crippen LogP contribution in [0.4, 0.5) is 28.4 Å². The van der Waals surface area contributed by atoms with E-state index >= 15 is 0 Å². The maximum Gasteiger partial charge on any atom is 0.198 e. The number of fused-ring (bicyclic) bond motifs is 9. The minimum atomic E-state index is -2.85. The molecule has 0 amide bonds. The molecule has 0 radical (unpaired) electrons. The van der Waals surface area contributed by atoms with Crippen LogP contribution in [0.15, 0.2) is 182 Å². The average molecular weight is 935 g/mol. The van der Waals surface area contributed by atoms with Crippen molar-refractivity contribution in [2.45, 2.75) is 96.8 Å². The monoisotopic (exact) mass is 934 g/mol. The van der Waals surface area contributed by atoms with Gasteiger partial charge < -0.3 is 10.2 Å². The lowest BCUT2D eigenvalue weighted by molar-refractivity contribution is 0.332. The van der Waals surface area contributed by atoms with E-state index in [2.05, 4.69) is 255 Å². The van der Waals surface area contributed by atoms with Gasteiger partial charge in [-0.05, 0) is 131 Å². The largest absolute Gasteiger partial charge is 0.355 e. The summed E-state index contributed by atoms with van der Waals surface area (Å²) in [5.41, 5.74) is 21.4. The van der Waals surface area contributed by atoms with E-state index in [1.807, 2.05) is 0 Å². The van der Waals surface area contributed by atoms with Crippen LogP contribution in [0.1, 0.15) is 107 Å². The molecule has 2 heterocycles. The zero-order valence-corrected chi connectivity index (χ0v) is 43.9. The molecule has 71 heavy (non-hydrogen) atoms. The number of aryl methyl sites for hydroxylation is 1. The van der Waals surface area contributed by atoms with Crippen molar-refractivity contribution < 1.29 is 0 Å². The number of nitrogens with one attached hydrogen (secondary N) is 1. The molecular formula is C67H63BN2Si. The predicted octanol–water partition coefficient (Wildman–Crippen LogP) is 12.7. The van der Waals surface area contributed by atoms with Gasteiger partial charge in [0.1, 0.15) is 0 Å². The molecule has 13 rings (SSSR count). The van der Waals surface area contributed by atoms with Crippen molar-refractivity contribution in [3.8, 4) is 11.1 Å². The molecule has 9 aromatic carbocycles. The average Bonchev–Trinajstić information content (AvgIpc) is 3.38. The summed E-state index contributed by atoms with van der Waals surface area (Å²) in [6.07, 6.45) is 2.35. The summed E-state index contributed by atoms with van der Waals surface area (Å²) < 4.78 is 0.